The van der Waals surface area contributed by atoms with Crippen LogP contribution in [0.5, 0.6) is 5.75 Å². The predicted molar refractivity (Wildman–Crippen MR) is 70.2 cm³/mol. The number of nitrogens with one attached hydrogen (secondary N) is 1. The molecule has 0 unspecified atom stereocenters. The lowest BCUT2D eigenvalue weighted by Gasteiger charge is -2.09. The third-order valence-electron chi connectivity index (χ3n) is 2.39. The molecule has 1 aromatic heterocycles. The lowest BCUT2D eigenvalue weighted by atomic mass is 10.1. The largest absolute Gasteiger partial charge is 0.496 e. The second-order valence-electron chi connectivity index (χ2n) is 3.63. The van der Waals surface area contributed by atoms with E-state index in [1.807, 2.05) is 0 Å². The summed E-state index contributed by atoms with van der Waals surface area (Å²) in [5.74, 6) is -0.925. The molecule has 1 N–H and O–H groups in total. The summed E-state index contributed by atoms with van der Waals surface area (Å²) in [6.45, 7) is 0. The SMILES string of the molecule is COc1cccc(F)c1C(=O)Nc1cc(Cl)ccn1. The molecule has 0 bridgehead atoms. The summed E-state index contributed by atoms with van der Waals surface area (Å²) >= 11 is 5.77. The molecule has 0 aliphatic rings. The van der Waals surface area contributed by atoms with Gasteiger partial charge in [0, 0.05) is 11.2 Å². The molecule has 1 aromatic carbocycles. The van der Waals surface area contributed by atoms with Crippen LogP contribution in [0.15, 0.2) is 36.5 Å². The van der Waals surface area contributed by atoms with Crippen molar-refractivity contribution in [2.45, 2.75) is 0 Å². The molecule has 0 spiro atoms. The van der Waals surface area contributed by atoms with Gasteiger partial charge in [-0.05, 0) is 24.3 Å². The molecule has 0 atom stereocenters. The Labute approximate surface area is 114 Å². The molecule has 2 aromatic rings. The molecule has 0 radical (unpaired) electrons. The van der Waals surface area contributed by atoms with Crippen molar-refractivity contribution < 1.29 is 13.9 Å². The Hall–Kier alpha value is -2.14. The topological polar surface area (TPSA) is 51.2 Å². The summed E-state index contributed by atoms with van der Waals surface area (Å²) in [6, 6.07) is 7.18. The van der Waals surface area contributed by atoms with Gasteiger partial charge in [0.2, 0.25) is 0 Å². The number of pyridine rings is 1. The van der Waals surface area contributed by atoms with Crippen molar-refractivity contribution in [3.8, 4) is 5.75 Å². The monoisotopic (exact) mass is 280 g/mol. The second kappa shape index (κ2) is 5.67. The number of halogens is 2. The van der Waals surface area contributed by atoms with Gasteiger partial charge in [0.05, 0.1) is 7.11 Å². The molecule has 6 heteroatoms. The zero-order valence-corrected chi connectivity index (χ0v) is 10.7. The van der Waals surface area contributed by atoms with Gasteiger partial charge in [0.15, 0.2) is 0 Å². The van der Waals surface area contributed by atoms with Gasteiger partial charge in [0.1, 0.15) is 22.9 Å². The first-order valence-corrected chi connectivity index (χ1v) is 5.75. The third-order valence-corrected chi connectivity index (χ3v) is 2.62. The molecule has 2 rings (SSSR count). The summed E-state index contributed by atoms with van der Waals surface area (Å²) in [4.78, 5) is 15.9. The van der Waals surface area contributed by atoms with E-state index in [-0.39, 0.29) is 17.1 Å². The lowest BCUT2D eigenvalue weighted by molar-refractivity contribution is 0.101. The highest BCUT2D eigenvalue weighted by molar-refractivity contribution is 6.30. The number of carbonyl (C=O) groups is 1. The number of carbonyl (C=O) groups excluding carboxylic acids is 1. The Morgan fingerprint density at radius 2 is 2.21 bits per heavy atom. The van der Waals surface area contributed by atoms with E-state index in [2.05, 4.69) is 10.3 Å². The number of anilines is 1. The van der Waals surface area contributed by atoms with Gasteiger partial charge in [-0.2, -0.15) is 0 Å². The highest BCUT2D eigenvalue weighted by Crippen LogP contribution is 2.22. The quantitative estimate of drug-likeness (QED) is 0.940. The number of hydrogen-bond donors (Lipinski definition) is 1. The van der Waals surface area contributed by atoms with Gasteiger partial charge in [0.25, 0.3) is 5.91 Å². The van der Waals surface area contributed by atoms with Crippen LogP contribution in [0.4, 0.5) is 10.2 Å². The molecule has 0 fully saturated rings. The first-order valence-electron chi connectivity index (χ1n) is 5.37. The summed E-state index contributed by atoms with van der Waals surface area (Å²) in [6.07, 6.45) is 1.44. The molecule has 0 saturated heterocycles. The maximum atomic E-state index is 13.7. The number of benzene rings is 1. The van der Waals surface area contributed by atoms with Crippen molar-refractivity contribution in [2.75, 3.05) is 12.4 Å². The number of rotatable bonds is 3. The smallest absolute Gasteiger partial charge is 0.263 e. The molecule has 98 valence electrons. The van der Waals surface area contributed by atoms with Gasteiger partial charge in [-0.1, -0.05) is 17.7 Å². The molecule has 4 nitrogen and oxygen atoms in total. The second-order valence-corrected chi connectivity index (χ2v) is 4.07. The Kier molecular flexibility index (Phi) is 3.97. The van der Waals surface area contributed by atoms with Gasteiger partial charge in [-0.3, -0.25) is 4.79 Å². The maximum absolute atomic E-state index is 13.7. The van der Waals surface area contributed by atoms with Crippen LogP contribution in [0.1, 0.15) is 10.4 Å². The molecular formula is C13H10ClFN2O2. The average Bonchev–Trinajstić information content (AvgIpc) is 2.38. The molecule has 1 amide bonds. The average molecular weight is 281 g/mol. The molecule has 1 heterocycles. The van der Waals surface area contributed by atoms with Crippen molar-refractivity contribution in [3.63, 3.8) is 0 Å². The maximum Gasteiger partial charge on any atom is 0.263 e. The third kappa shape index (κ3) is 3.00. The van der Waals surface area contributed by atoms with Crippen LogP contribution in [0.25, 0.3) is 0 Å². The molecule has 0 saturated carbocycles. The van der Waals surface area contributed by atoms with E-state index in [1.165, 1.54) is 37.6 Å². The molecular weight excluding hydrogens is 271 g/mol. The van der Waals surface area contributed by atoms with Crippen molar-refractivity contribution in [1.82, 2.24) is 4.98 Å². The molecule has 19 heavy (non-hydrogen) atoms. The Bertz CT molecular complexity index is 619. The van der Waals surface area contributed by atoms with Crippen LogP contribution in [0.3, 0.4) is 0 Å². The highest BCUT2D eigenvalue weighted by Gasteiger charge is 2.17. The van der Waals surface area contributed by atoms with E-state index in [9.17, 15) is 9.18 Å². The van der Waals surface area contributed by atoms with E-state index in [4.69, 9.17) is 16.3 Å². The summed E-state index contributed by atoms with van der Waals surface area (Å²) in [5.41, 5.74) is -0.174. The van der Waals surface area contributed by atoms with E-state index in [0.29, 0.717) is 5.02 Å². The Morgan fingerprint density at radius 1 is 1.42 bits per heavy atom. The van der Waals surface area contributed by atoms with Gasteiger partial charge >= 0.3 is 0 Å². The van der Waals surface area contributed by atoms with Crippen LogP contribution >= 0.6 is 11.6 Å². The minimum atomic E-state index is -0.668. The van der Waals surface area contributed by atoms with Crippen molar-refractivity contribution >= 4 is 23.3 Å². The fourth-order valence-corrected chi connectivity index (χ4v) is 1.71. The van der Waals surface area contributed by atoms with E-state index < -0.39 is 11.7 Å². The number of hydrogen-bond acceptors (Lipinski definition) is 3. The zero-order chi connectivity index (χ0) is 13.8. The number of aromatic nitrogens is 1. The zero-order valence-electron chi connectivity index (χ0n) is 9.98. The van der Waals surface area contributed by atoms with Crippen LogP contribution in [-0.2, 0) is 0 Å². The molecule has 0 aliphatic heterocycles. The first-order chi connectivity index (χ1) is 9.11. The van der Waals surface area contributed by atoms with Crippen molar-refractivity contribution in [2.24, 2.45) is 0 Å². The van der Waals surface area contributed by atoms with Crippen LogP contribution in [0.2, 0.25) is 5.02 Å². The standard InChI is InChI=1S/C13H10ClFN2O2/c1-19-10-4-2-3-9(15)12(10)13(18)17-11-7-8(14)5-6-16-11/h2-7H,1H3,(H,16,17,18). The summed E-state index contributed by atoms with van der Waals surface area (Å²) in [7, 11) is 1.36. The van der Waals surface area contributed by atoms with E-state index in [0.717, 1.165) is 0 Å². The number of ether oxygens (including phenoxy) is 1. The Morgan fingerprint density at radius 3 is 2.89 bits per heavy atom. The number of methoxy groups -OCH3 is 1. The summed E-state index contributed by atoms with van der Waals surface area (Å²) in [5, 5.41) is 2.88. The number of amides is 1. The Balaban J connectivity index is 2.30. The van der Waals surface area contributed by atoms with E-state index >= 15 is 0 Å². The lowest BCUT2D eigenvalue weighted by Crippen LogP contribution is -2.15. The predicted octanol–water partition coefficient (Wildman–Crippen LogP) is 3.14. The van der Waals surface area contributed by atoms with Gasteiger partial charge in [-0.25, -0.2) is 9.37 Å². The summed E-state index contributed by atoms with van der Waals surface area (Å²) < 4.78 is 18.6. The normalized spacial score (nSPS) is 10.1. The van der Waals surface area contributed by atoms with E-state index in [1.54, 1.807) is 6.07 Å². The highest BCUT2D eigenvalue weighted by atomic mass is 35.5. The van der Waals surface area contributed by atoms with Crippen molar-refractivity contribution in [1.29, 1.82) is 0 Å². The molecule has 0 aliphatic carbocycles. The van der Waals surface area contributed by atoms with Gasteiger partial charge in [-0.15, -0.1) is 0 Å². The fourth-order valence-electron chi connectivity index (χ4n) is 1.55. The van der Waals surface area contributed by atoms with Gasteiger partial charge < -0.3 is 10.1 Å². The van der Waals surface area contributed by atoms with Crippen LogP contribution < -0.4 is 10.1 Å². The fraction of sp³-hybridized carbons (Fsp3) is 0.0769. The van der Waals surface area contributed by atoms with Crippen LogP contribution in [0, 0.1) is 5.82 Å². The minimum Gasteiger partial charge on any atom is -0.496 e. The first kappa shape index (κ1) is 13.3. The number of nitrogens with zero attached hydrogens (tertiary/aromatic N) is 1. The minimum absolute atomic E-state index is 0.152. The van der Waals surface area contributed by atoms with Crippen molar-refractivity contribution in [3.05, 3.63) is 52.9 Å². The van der Waals surface area contributed by atoms with Crippen LogP contribution in [-0.4, -0.2) is 18.0 Å².